The van der Waals surface area contributed by atoms with Crippen molar-refractivity contribution in [3.8, 4) is 0 Å². The summed E-state index contributed by atoms with van der Waals surface area (Å²) in [5.74, 6) is -0.879. The van der Waals surface area contributed by atoms with Crippen molar-refractivity contribution in [3.63, 3.8) is 0 Å². The second kappa shape index (κ2) is 9.64. The number of hydrogen-bond donors (Lipinski definition) is 1. The monoisotopic (exact) mass is 481 g/mol. The highest BCUT2D eigenvalue weighted by molar-refractivity contribution is 8.18. The molecule has 6 nitrogen and oxygen atoms in total. The summed E-state index contributed by atoms with van der Waals surface area (Å²) < 4.78 is 2.13. The van der Waals surface area contributed by atoms with Gasteiger partial charge in [-0.2, -0.15) is 0 Å². The van der Waals surface area contributed by atoms with Crippen LogP contribution in [0, 0.1) is 6.92 Å². The predicted molar refractivity (Wildman–Crippen MR) is 140 cm³/mol. The molecule has 0 saturated carbocycles. The number of carbonyl (C=O) groups excluding carboxylic acids is 3. The van der Waals surface area contributed by atoms with Crippen molar-refractivity contribution < 1.29 is 14.4 Å². The summed E-state index contributed by atoms with van der Waals surface area (Å²) in [6.07, 6.45) is 3.74. The number of nitrogens with zero attached hydrogens (tertiary/aromatic N) is 2. The number of aromatic nitrogens is 1. The lowest BCUT2D eigenvalue weighted by atomic mass is 10.1. The molecule has 3 aromatic carbocycles. The van der Waals surface area contributed by atoms with Gasteiger partial charge in [0, 0.05) is 34.9 Å². The Balaban J connectivity index is 1.36. The average molecular weight is 482 g/mol. The molecule has 1 aromatic heterocycles. The van der Waals surface area contributed by atoms with Crippen molar-refractivity contribution in [2.75, 3.05) is 11.9 Å². The molecule has 0 bridgehead atoms. The summed E-state index contributed by atoms with van der Waals surface area (Å²) in [4.78, 5) is 39.4. The molecule has 1 aliphatic rings. The zero-order chi connectivity index (χ0) is 24.4. The molecule has 4 aromatic rings. The van der Waals surface area contributed by atoms with Crippen LogP contribution in [-0.2, 0) is 16.1 Å². The molecular formula is C28H23N3O3S. The van der Waals surface area contributed by atoms with Crippen LogP contribution in [0.3, 0.4) is 0 Å². The van der Waals surface area contributed by atoms with E-state index in [2.05, 4.69) is 22.0 Å². The van der Waals surface area contributed by atoms with E-state index in [9.17, 15) is 14.4 Å². The number of aryl methyl sites for hydroxylation is 1. The predicted octanol–water partition coefficient (Wildman–Crippen LogP) is 5.67. The van der Waals surface area contributed by atoms with Crippen molar-refractivity contribution in [1.82, 2.24) is 9.47 Å². The molecular weight excluding hydrogens is 458 g/mol. The zero-order valence-corrected chi connectivity index (χ0v) is 19.9. The summed E-state index contributed by atoms with van der Waals surface area (Å²) >= 11 is 0.858. The van der Waals surface area contributed by atoms with Gasteiger partial charge >= 0.3 is 0 Å². The third-order valence-electron chi connectivity index (χ3n) is 5.81. The third kappa shape index (κ3) is 4.90. The highest BCUT2D eigenvalue weighted by atomic mass is 32.2. The Bertz CT molecular complexity index is 1460. The van der Waals surface area contributed by atoms with Gasteiger partial charge in [-0.25, -0.2) is 0 Å². The van der Waals surface area contributed by atoms with Gasteiger partial charge in [0.2, 0.25) is 5.91 Å². The average Bonchev–Trinajstić information content (AvgIpc) is 3.33. The number of amides is 3. The first-order chi connectivity index (χ1) is 17.0. The van der Waals surface area contributed by atoms with Crippen LogP contribution in [0.15, 0.2) is 90.0 Å². The van der Waals surface area contributed by atoms with Crippen molar-refractivity contribution in [3.05, 3.63) is 107 Å². The Labute approximate surface area is 207 Å². The first kappa shape index (κ1) is 22.7. The summed E-state index contributed by atoms with van der Waals surface area (Å²) in [6.45, 7) is 2.32. The van der Waals surface area contributed by atoms with Gasteiger partial charge in [0.25, 0.3) is 11.1 Å². The Kier molecular flexibility index (Phi) is 6.25. The van der Waals surface area contributed by atoms with E-state index in [4.69, 9.17) is 0 Å². The molecule has 0 unspecified atom stereocenters. The van der Waals surface area contributed by atoms with Gasteiger partial charge in [0.15, 0.2) is 0 Å². The number of anilines is 1. The highest BCUT2D eigenvalue weighted by Crippen LogP contribution is 2.34. The number of hydrogen-bond acceptors (Lipinski definition) is 4. The van der Waals surface area contributed by atoms with Gasteiger partial charge in [-0.3, -0.25) is 19.3 Å². The van der Waals surface area contributed by atoms with Gasteiger partial charge in [-0.1, -0.05) is 66.2 Å². The van der Waals surface area contributed by atoms with Crippen LogP contribution in [0.5, 0.6) is 0 Å². The minimum Gasteiger partial charge on any atom is -0.342 e. The van der Waals surface area contributed by atoms with Crippen molar-refractivity contribution in [2.24, 2.45) is 0 Å². The van der Waals surface area contributed by atoms with Gasteiger partial charge in [-0.05, 0) is 48.5 Å². The molecule has 1 fully saturated rings. The molecule has 1 aliphatic heterocycles. The van der Waals surface area contributed by atoms with E-state index in [1.54, 1.807) is 18.2 Å². The van der Waals surface area contributed by atoms with E-state index < -0.39 is 17.1 Å². The Morgan fingerprint density at radius 1 is 0.943 bits per heavy atom. The zero-order valence-electron chi connectivity index (χ0n) is 19.1. The smallest absolute Gasteiger partial charge is 0.294 e. The van der Waals surface area contributed by atoms with Crippen molar-refractivity contribution in [1.29, 1.82) is 0 Å². The molecule has 174 valence electrons. The van der Waals surface area contributed by atoms with Gasteiger partial charge < -0.3 is 9.88 Å². The van der Waals surface area contributed by atoms with Gasteiger partial charge in [0.05, 0.1) is 4.91 Å². The lowest BCUT2D eigenvalue weighted by Crippen LogP contribution is -2.36. The van der Waals surface area contributed by atoms with Crippen LogP contribution in [0.25, 0.3) is 17.0 Å². The second-order valence-electron chi connectivity index (χ2n) is 8.40. The van der Waals surface area contributed by atoms with Crippen LogP contribution >= 0.6 is 11.8 Å². The molecule has 2 heterocycles. The third-order valence-corrected chi connectivity index (χ3v) is 6.72. The molecule has 35 heavy (non-hydrogen) atoms. The maximum absolute atomic E-state index is 13.0. The quantitative estimate of drug-likeness (QED) is 0.360. The summed E-state index contributed by atoms with van der Waals surface area (Å²) in [5, 5.41) is 3.28. The maximum atomic E-state index is 13.0. The molecule has 7 heteroatoms. The van der Waals surface area contributed by atoms with Crippen LogP contribution < -0.4 is 5.32 Å². The number of rotatable bonds is 6. The molecule has 0 aliphatic carbocycles. The fraction of sp³-hybridized carbons (Fsp3) is 0.107. The normalized spacial score (nSPS) is 14.8. The van der Waals surface area contributed by atoms with Crippen molar-refractivity contribution in [2.45, 2.75) is 13.5 Å². The molecule has 3 amide bonds. The Morgan fingerprint density at radius 2 is 1.66 bits per heavy atom. The van der Waals surface area contributed by atoms with Crippen molar-refractivity contribution >= 4 is 51.5 Å². The van der Waals surface area contributed by atoms with E-state index in [1.165, 1.54) is 5.56 Å². The maximum Gasteiger partial charge on any atom is 0.294 e. The number of fused-ring (bicyclic) bond motifs is 1. The number of nitrogens with one attached hydrogen (secondary N) is 1. The van der Waals surface area contributed by atoms with E-state index in [1.807, 2.05) is 67.7 Å². The molecule has 1 N–H and O–H groups in total. The van der Waals surface area contributed by atoms with Crippen LogP contribution in [0.4, 0.5) is 10.5 Å². The topological polar surface area (TPSA) is 71.4 Å². The number of benzene rings is 3. The first-order valence-corrected chi connectivity index (χ1v) is 12.0. The Hall–Kier alpha value is -4.10. The van der Waals surface area contributed by atoms with E-state index in [0.717, 1.165) is 38.7 Å². The van der Waals surface area contributed by atoms with Crippen LogP contribution in [0.2, 0.25) is 0 Å². The summed E-state index contributed by atoms with van der Waals surface area (Å²) in [7, 11) is 0. The minimum absolute atomic E-state index is 0.306. The van der Waals surface area contributed by atoms with E-state index in [-0.39, 0.29) is 6.54 Å². The SMILES string of the molecule is Cc1ccc(NC(=O)CN2C(=O)S/C(=C\c3cn(Cc4ccccc4)c4ccccc34)C2=O)cc1. The Morgan fingerprint density at radius 3 is 2.43 bits per heavy atom. The fourth-order valence-electron chi connectivity index (χ4n) is 4.06. The van der Waals surface area contributed by atoms with Gasteiger partial charge in [-0.15, -0.1) is 0 Å². The second-order valence-corrected chi connectivity index (χ2v) is 9.39. The van der Waals surface area contributed by atoms with E-state index >= 15 is 0 Å². The number of imide groups is 1. The van der Waals surface area contributed by atoms with Crippen LogP contribution in [-0.4, -0.2) is 33.1 Å². The molecule has 0 spiro atoms. The largest absolute Gasteiger partial charge is 0.342 e. The summed E-state index contributed by atoms with van der Waals surface area (Å²) in [6, 6.07) is 25.4. The molecule has 1 saturated heterocycles. The first-order valence-electron chi connectivity index (χ1n) is 11.2. The van der Waals surface area contributed by atoms with E-state index in [0.29, 0.717) is 17.1 Å². The summed E-state index contributed by atoms with van der Waals surface area (Å²) in [5.41, 5.74) is 4.75. The fourth-order valence-corrected chi connectivity index (χ4v) is 4.89. The highest BCUT2D eigenvalue weighted by Gasteiger charge is 2.36. The minimum atomic E-state index is -0.459. The number of para-hydroxylation sites is 1. The van der Waals surface area contributed by atoms with Crippen LogP contribution in [0.1, 0.15) is 16.7 Å². The lowest BCUT2D eigenvalue weighted by Gasteiger charge is -2.12. The number of thioether (sulfide) groups is 1. The standard InChI is InChI=1S/C28H23N3O3S/c1-19-11-13-22(14-12-19)29-26(32)18-31-27(33)25(35-28(31)34)15-21-17-30(16-20-7-3-2-4-8-20)24-10-6-5-9-23(21)24/h2-15,17H,16,18H2,1H3,(H,29,32)/b25-15-. The molecule has 5 rings (SSSR count). The lowest BCUT2D eigenvalue weighted by molar-refractivity contribution is -0.127. The molecule has 0 radical (unpaired) electrons. The van der Waals surface area contributed by atoms with Gasteiger partial charge in [0.1, 0.15) is 6.54 Å². The molecule has 0 atom stereocenters. The number of carbonyl (C=O) groups is 3.